The summed E-state index contributed by atoms with van der Waals surface area (Å²) in [7, 11) is 0. The number of nitrogens with zero attached hydrogens (tertiary/aromatic N) is 4. The molecule has 0 aromatic carbocycles. The molecule has 0 aliphatic heterocycles. The summed E-state index contributed by atoms with van der Waals surface area (Å²) in [5, 5.41) is 11.1. The summed E-state index contributed by atoms with van der Waals surface area (Å²) in [6.45, 7) is 1.17. The summed E-state index contributed by atoms with van der Waals surface area (Å²) in [5.74, 6) is -0.171. The van der Waals surface area contributed by atoms with Crippen molar-refractivity contribution in [1.29, 1.82) is 0 Å². The molecule has 0 unspecified atom stereocenters. The molecule has 0 saturated heterocycles. The van der Waals surface area contributed by atoms with Crippen molar-refractivity contribution in [2.24, 2.45) is 0 Å². The van der Waals surface area contributed by atoms with E-state index in [4.69, 9.17) is 0 Å². The lowest BCUT2D eigenvalue weighted by Gasteiger charge is -2.02. The molecule has 1 amide bonds. The Morgan fingerprint density at radius 1 is 1.26 bits per heavy atom. The number of pyridine rings is 1. The van der Waals surface area contributed by atoms with Gasteiger partial charge >= 0.3 is 0 Å². The van der Waals surface area contributed by atoms with E-state index in [-0.39, 0.29) is 5.91 Å². The average Bonchev–Trinajstić information content (AvgIpc) is 3.07. The first-order valence-corrected chi connectivity index (χ1v) is 6.03. The number of amides is 1. The van der Waals surface area contributed by atoms with Crippen LogP contribution in [0.15, 0.2) is 48.9 Å². The second kappa shape index (κ2) is 4.93. The van der Waals surface area contributed by atoms with Crippen molar-refractivity contribution in [3.8, 4) is 0 Å². The second-order valence-corrected chi connectivity index (χ2v) is 4.12. The smallest absolute Gasteiger partial charge is 0.271 e. The van der Waals surface area contributed by atoms with Crippen LogP contribution in [0.3, 0.4) is 0 Å². The number of nitrogens with one attached hydrogen (secondary N) is 1. The van der Waals surface area contributed by atoms with Gasteiger partial charge in [0, 0.05) is 25.1 Å². The fraction of sp³-hybridized carbons (Fsp3) is 0.154. The highest BCUT2D eigenvalue weighted by molar-refractivity contribution is 5.93. The molecule has 0 aliphatic carbocycles. The first-order chi connectivity index (χ1) is 9.33. The molecule has 3 aromatic rings. The topological polar surface area (TPSA) is 64.2 Å². The summed E-state index contributed by atoms with van der Waals surface area (Å²) in [4.78, 5) is 11.9. The molecule has 3 rings (SSSR count). The third-order valence-electron chi connectivity index (χ3n) is 2.79. The molecule has 0 fully saturated rings. The Bertz CT molecular complexity index is 653. The summed E-state index contributed by atoms with van der Waals surface area (Å²) < 4.78 is 3.45. The van der Waals surface area contributed by atoms with Gasteiger partial charge in [-0.15, -0.1) is 0 Å². The average molecular weight is 255 g/mol. The van der Waals surface area contributed by atoms with Gasteiger partial charge in [-0.3, -0.25) is 9.48 Å². The van der Waals surface area contributed by atoms with Crippen molar-refractivity contribution in [3.63, 3.8) is 0 Å². The lowest BCUT2D eigenvalue weighted by molar-refractivity contribution is 0.0946. The summed E-state index contributed by atoms with van der Waals surface area (Å²) in [6.07, 6.45) is 5.39. The SMILES string of the molecule is O=C(NCCn1cccn1)c1cc2ccccn2n1. The van der Waals surface area contributed by atoms with Crippen molar-refractivity contribution in [2.75, 3.05) is 6.54 Å². The number of fused-ring (bicyclic) bond motifs is 1. The maximum atomic E-state index is 11.9. The van der Waals surface area contributed by atoms with E-state index in [0.717, 1.165) is 5.52 Å². The van der Waals surface area contributed by atoms with Gasteiger partial charge < -0.3 is 5.32 Å². The molecule has 0 spiro atoms. The lowest BCUT2D eigenvalue weighted by atomic mass is 10.3. The highest BCUT2D eigenvalue weighted by Gasteiger charge is 2.09. The van der Waals surface area contributed by atoms with Crippen LogP contribution in [0.2, 0.25) is 0 Å². The molecule has 6 nitrogen and oxygen atoms in total. The predicted molar refractivity (Wildman–Crippen MR) is 69.8 cm³/mol. The molecule has 0 atom stereocenters. The van der Waals surface area contributed by atoms with Crippen molar-refractivity contribution in [1.82, 2.24) is 24.7 Å². The first-order valence-electron chi connectivity index (χ1n) is 6.03. The van der Waals surface area contributed by atoms with E-state index in [1.54, 1.807) is 21.5 Å². The maximum Gasteiger partial charge on any atom is 0.271 e. The van der Waals surface area contributed by atoms with Crippen LogP contribution in [0.5, 0.6) is 0 Å². The van der Waals surface area contributed by atoms with Crippen molar-refractivity contribution >= 4 is 11.4 Å². The quantitative estimate of drug-likeness (QED) is 0.755. The van der Waals surface area contributed by atoms with Gasteiger partial charge in [-0.1, -0.05) is 6.07 Å². The second-order valence-electron chi connectivity index (χ2n) is 4.12. The van der Waals surface area contributed by atoms with Gasteiger partial charge in [0.15, 0.2) is 5.69 Å². The molecule has 3 aromatic heterocycles. The Hall–Kier alpha value is -2.63. The third kappa shape index (κ3) is 2.47. The zero-order chi connectivity index (χ0) is 13.1. The van der Waals surface area contributed by atoms with Gasteiger partial charge in [0.25, 0.3) is 5.91 Å². The lowest BCUT2D eigenvalue weighted by Crippen LogP contribution is -2.27. The van der Waals surface area contributed by atoms with Crippen molar-refractivity contribution in [2.45, 2.75) is 6.54 Å². The number of hydrogen-bond donors (Lipinski definition) is 1. The standard InChI is InChI=1S/C13H13N5O/c19-13(14-6-9-17-7-3-5-15-17)12-10-11-4-1-2-8-18(11)16-12/h1-5,7-8,10H,6,9H2,(H,14,19). The normalized spacial score (nSPS) is 10.7. The van der Waals surface area contributed by atoms with Crippen molar-refractivity contribution in [3.05, 3.63) is 54.6 Å². The number of carbonyl (C=O) groups excluding carboxylic acids is 1. The van der Waals surface area contributed by atoms with E-state index < -0.39 is 0 Å². The molecule has 19 heavy (non-hydrogen) atoms. The van der Waals surface area contributed by atoms with E-state index in [9.17, 15) is 4.79 Å². The van der Waals surface area contributed by atoms with Crippen LogP contribution in [0.25, 0.3) is 5.52 Å². The minimum absolute atomic E-state index is 0.171. The number of carbonyl (C=O) groups is 1. The zero-order valence-corrected chi connectivity index (χ0v) is 10.2. The first kappa shape index (κ1) is 11.5. The third-order valence-corrected chi connectivity index (χ3v) is 2.79. The maximum absolute atomic E-state index is 11.9. The number of rotatable bonds is 4. The Kier molecular flexibility index (Phi) is 2.97. The van der Waals surface area contributed by atoms with Crippen molar-refractivity contribution < 1.29 is 4.79 Å². The molecule has 3 heterocycles. The summed E-state index contributed by atoms with van der Waals surface area (Å²) >= 11 is 0. The Morgan fingerprint density at radius 3 is 3.00 bits per heavy atom. The van der Waals surface area contributed by atoms with Crippen LogP contribution in [0, 0.1) is 0 Å². The van der Waals surface area contributed by atoms with Gasteiger partial charge in [0.05, 0.1) is 12.1 Å². The fourth-order valence-corrected chi connectivity index (χ4v) is 1.86. The molecule has 6 heteroatoms. The van der Waals surface area contributed by atoms with Gasteiger partial charge in [0.1, 0.15) is 0 Å². The predicted octanol–water partition coefficient (Wildman–Crippen LogP) is 0.961. The van der Waals surface area contributed by atoms with Crippen LogP contribution < -0.4 is 5.32 Å². The minimum Gasteiger partial charge on any atom is -0.349 e. The summed E-state index contributed by atoms with van der Waals surface area (Å²) in [5.41, 5.74) is 1.33. The van der Waals surface area contributed by atoms with Crippen LogP contribution in [-0.2, 0) is 6.54 Å². The summed E-state index contributed by atoms with van der Waals surface area (Å²) in [6, 6.07) is 9.32. The van der Waals surface area contributed by atoms with E-state index in [1.165, 1.54) is 0 Å². The highest BCUT2D eigenvalue weighted by atomic mass is 16.1. The molecule has 96 valence electrons. The largest absolute Gasteiger partial charge is 0.349 e. The van der Waals surface area contributed by atoms with Gasteiger partial charge in [0.2, 0.25) is 0 Å². The molecule has 0 saturated carbocycles. The Balaban J connectivity index is 1.63. The molecule has 0 bridgehead atoms. The molecule has 0 radical (unpaired) electrons. The van der Waals surface area contributed by atoms with E-state index in [1.807, 2.05) is 36.7 Å². The van der Waals surface area contributed by atoms with Gasteiger partial charge in [-0.25, -0.2) is 4.52 Å². The molecular weight excluding hydrogens is 242 g/mol. The van der Waals surface area contributed by atoms with Gasteiger partial charge in [-0.2, -0.15) is 10.2 Å². The minimum atomic E-state index is -0.171. The molecular formula is C13H13N5O. The monoisotopic (exact) mass is 255 g/mol. The van der Waals surface area contributed by atoms with Crippen LogP contribution >= 0.6 is 0 Å². The molecule has 0 aliphatic rings. The van der Waals surface area contributed by atoms with E-state index >= 15 is 0 Å². The van der Waals surface area contributed by atoms with Crippen LogP contribution in [0.4, 0.5) is 0 Å². The molecule has 1 N–H and O–H groups in total. The zero-order valence-electron chi connectivity index (χ0n) is 10.2. The highest BCUT2D eigenvalue weighted by Crippen LogP contribution is 2.05. The Morgan fingerprint density at radius 2 is 2.21 bits per heavy atom. The number of hydrogen-bond acceptors (Lipinski definition) is 3. The van der Waals surface area contributed by atoms with E-state index in [0.29, 0.717) is 18.8 Å². The number of aromatic nitrogens is 4. The van der Waals surface area contributed by atoms with E-state index in [2.05, 4.69) is 15.5 Å². The van der Waals surface area contributed by atoms with Gasteiger partial charge in [-0.05, 0) is 24.3 Å². The van der Waals surface area contributed by atoms with Crippen LogP contribution in [-0.4, -0.2) is 31.8 Å². The van der Waals surface area contributed by atoms with Crippen LogP contribution in [0.1, 0.15) is 10.5 Å². The fourth-order valence-electron chi connectivity index (χ4n) is 1.86. The Labute approximate surface area is 109 Å².